The van der Waals surface area contributed by atoms with E-state index in [0.717, 1.165) is 37.6 Å². The molecule has 0 saturated carbocycles. The van der Waals surface area contributed by atoms with Gasteiger partial charge in [0.15, 0.2) is 0 Å². The monoisotopic (exact) mass is 398 g/mol. The molecule has 0 spiro atoms. The van der Waals surface area contributed by atoms with Crippen LogP contribution in [0.25, 0.3) is 11.1 Å². The smallest absolute Gasteiger partial charge is 0.257 e. The molecule has 0 atom stereocenters. The Morgan fingerprint density at radius 1 is 1.04 bits per heavy atom. The summed E-state index contributed by atoms with van der Waals surface area (Å²) in [4.78, 5) is 27.1. The molecule has 0 fully saturated rings. The van der Waals surface area contributed by atoms with Crippen LogP contribution >= 0.6 is 22.7 Å². The minimum Gasteiger partial charge on any atom is -0.365 e. The van der Waals surface area contributed by atoms with Gasteiger partial charge in [-0.1, -0.05) is 23.8 Å². The minimum absolute atomic E-state index is 0.215. The third-order valence-electron chi connectivity index (χ3n) is 4.75. The van der Waals surface area contributed by atoms with Crippen molar-refractivity contribution in [2.75, 3.05) is 5.32 Å². The maximum absolute atomic E-state index is 12.8. The van der Waals surface area contributed by atoms with E-state index in [9.17, 15) is 9.59 Å². The van der Waals surface area contributed by atoms with Gasteiger partial charge in [-0.3, -0.25) is 9.59 Å². The van der Waals surface area contributed by atoms with Crippen molar-refractivity contribution in [3.8, 4) is 11.1 Å². The molecule has 2 heterocycles. The minimum atomic E-state index is -0.538. The van der Waals surface area contributed by atoms with Crippen molar-refractivity contribution in [3.05, 3.63) is 61.2 Å². The molecule has 0 radical (unpaired) electrons. The number of hydrogen-bond acceptors (Lipinski definition) is 4. The lowest BCUT2D eigenvalue weighted by Crippen LogP contribution is -2.17. The number of rotatable bonds is 4. The summed E-state index contributed by atoms with van der Waals surface area (Å²) in [6, 6.07) is 6.12. The Morgan fingerprint density at radius 2 is 1.74 bits per heavy atom. The second-order valence-electron chi connectivity index (χ2n) is 6.70. The SMILES string of the molecule is Cc1ccc(C)c(-c2c(C)sc(NC(=O)c3csc(C)c3C)c2C(N)=O)c1. The molecule has 2 amide bonds. The highest BCUT2D eigenvalue weighted by Crippen LogP contribution is 2.41. The van der Waals surface area contributed by atoms with E-state index in [1.807, 2.05) is 52.1 Å². The highest BCUT2D eigenvalue weighted by atomic mass is 32.1. The maximum Gasteiger partial charge on any atom is 0.257 e. The summed E-state index contributed by atoms with van der Waals surface area (Å²) in [5, 5.41) is 5.26. The number of thiophene rings is 2. The first-order chi connectivity index (χ1) is 12.7. The first-order valence-corrected chi connectivity index (χ1v) is 10.3. The lowest BCUT2D eigenvalue weighted by molar-refractivity contribution is 0.100. The van der Waals surface area contributed by atoms with Crippen molar-refractivity contribution in [1.29, 1.82) is 0 Å². The van der Waals surface area contributed by atoms with Crippen molar-refractivity contribution in [3.63, 3.8) is 0 Å². The first kappa shape index (κ1) is 19.3. The van der Waals surface area contributed by atoms with Gasteiger partial charge in [-0.05, 0) is 51.3 Å². The Bertz CT molecular complexity index is 1060. The third-order valence-corrected chi connectivity index (χ3v) is 6.78. The van der Waals surface area contributed by atoms with Gasteiger partial charge in [-0.2, -0.15) is 0 Å². The second-order valence-corrected chi connectivity index (χ2v) is 9.01. The number of carbonyl (C=O) groups is 2. The lowest BCUT2D eigenvalue weighted by atomic mass is 9.95. The Balaban J connectivity index is 2.10. The van der Waals surface area contributed by atoms with Crippen LogP contribution in [-0.2, 0) is 0 Å². The van der Waals surface area contributed by atoms with E-state index in [1.165, 1.54) is 11.3 Å². The Morgan fingerprint density at radius 3 is 2.33 bits per heavy atom. The molecule has 6 heteroatoms. The Kier molecular flexibility index (Phi) is 5.22. The topological polar surface area (TPSA) is 72.2 Å². The van der Waals surface area contributed by atoms with Gasteiger partial charge < -0.3 is 11.1 Å². The fourth-order valence-electron chi connectivity index (χ4n) is 3.11. The highest BCUT2D eigenvalue weighted by molar-refractivity contribution is 7.17. The second kappa shape index (κ2) is 7.29. The number of primary amides is 1. The largest absolute Gasteiger partial charge is 0.365 e. The van der Waals surface area contributed by atoms with Crippen LogP contribution in [0.2, 0.25) is 0 Å². The molecule has 27 heavy (non-hydrogen) atoms. The van der Waals surface area contributed by atoms with Gasteiger partial charge in [-0.25, -0.2) is 0 Å². The predicted molar refractivity (Wildman–Crippen MR) is 114 cm³/mol. The maximum atomic E-state index is 12.8. The van der Waals surface area contributed by atoms with Crippen molar-refractivity contribution in [1.82, 2.24) is 0 Å². The molecule has 140 valence electrons. The van der Waals surface area contributed by atoms with Crippen molar-refractivity contribution in [2.24, 2.45) is 5.73 Å². The van der Waals surface area contributed by atoms with E-state index in [1.54, 1.807) is 11.3 Å². The fraction of sp³-hybridized carbons (Fsp3) is 0.238. The Labute approximate surface area is 167 Å². The molecule has 1 aromatic carbocycles. The molecule has 0 aliphatic heterocycles. The van der Waals surface area contributed by atoms with Crippen LogP contribution in [-0.4, -0.2) is 11.8 Å². The predicted octanol–water partition coefficient (Wildman–Crippen LogP) is 5.37. The molecule has 0 bridgehead atoms. The van der Waals surface area contributed by atoms with Crippen molar-refractivity contribution < 1.29 is 9.59 Å². The fourth-order valence-corrected chi connectivity index (χ4v) is 5.04. The molecule has 0 saturated heterocycles. The summed E-state index contributed by atoms with van der Waals surface area (Å²) in [7, 11) is 0. The number of amides is 2. The molecule has 2 aromatic heterocycles. The van der Waals surface area contributed by atoms with Crippen LogP contribution in [0.3, 0.4) is 0 Å². The van der Waals surface area contributed by atoms with Gasteiger partial charge in [0, 0.05) is 20.7 Å². The molecule has 4 nitrogen and oxygen atoms in total. The van der Waals surface area contributed by atoms with Crippen molar-refractivity contribution >= 4 is 39.5 Å². The van der Waals surface area contributed by atoms with E-state index < -0.39 is 5.91 Å². The number of nitrogens with two attached hydrogens (primary N) is 1. The van der Waals surface area contributed by atoms with Crippen LogP contribution in [0.4, 0.5) is 5.00 Å². The van der Waals surface area contributed by atoms with Gasteiger partial charge in [0.05, 0.1) is 11.1 Å². The molecular weight excluding hydrogens is 376 g/mol. The zero-order valence-corrected chi connectivity index (χ0v) is 17.7. The highest BCUT2D eigenvalue weighted by Gasteiger charge is 2.24. The molecule has 3 rings (SSSR count). The standard InChI is InChI=1S/C21H22N2O2S2/c1-10-6-7-11(2)15(8-10)17-14(5)27-21(18(17)19(22)24)23-20(25)16-9-26-13(4)12(16)3/h6-9H,1-5H3,(H2,22,24)(H,23,25). The number of benzene rings is 1. The van der Waals surface area contributed by atoms with E-state index in [2.05, 4.69) is 11.4 Å². The molecule has 3 aromatic rings. The number of nitrogens with one attached hydrogen (secondary N) is 1. The normalized spacial score (nSPS) is 10.9. The van der Waals surface area contributed by atoms with Crippen LogP contribution < -0.4 is 11.1 Å². The number of hydrogen-bond donors (Lipinski definition) is 2. The van der Waals surface area contributed by atoms with Gasteiger partial charge in [-0.15, -0.1) is 22.7 Å². The molecule has 0 aliphatic rings. The van der Waals surface area contributed by atoms with Crippen LogP contribution in [0.5, 0.6) is 0 Å². The average Bonchev–Trinajstić information content (AvgIpc) is 3.09. The molecule has 3 N–H and O–H groups in total. The number of aryl methyl sites for hydroxylation is 4. The van der Waals surface area contributed by atoms with E-state index in [0.29, 0.717) is 16.1 Å². The van der Waals surface area contributed by atoms with Gasteiger partial charge in [0.2, 0.25) is 0 Å². The van der Waals surface area contributed by atoms with Gasteiger partial charge in [0.1, 0.15) is 5.00 Å². The lowest BCUT2D eigenvalue weighted by Gasteiger charge is -2.10. The van der Waals surface area contributed by atoms with Gasteiger partial charge in [0.25, 0.3) is 11.8 Å². The summed E-state index contributed by atoms with van der Waals surface area (Å²) in [5.74, 6) is -0.753. The molecule has 0 unspecified atom stereocenters. The quantitative estimate of drug-likeness (QED) is 0.620. The summed E-state index contributed by atoms with van der Waals surface area (Å²) in [6.45, 7) is 9.88. The van der Waals surface area contributed by atoms with E-state index in [-0.39, 0.29) is 5.91 Å². The summed E-state index contributed by atoms with van der Waals surface area (Å²) >= 11 is 2.93. The van der Waals surface area contributed by atoms with Crippen LogP contribution in [0.15, 0.2) is 23.6 Å². The zero-order valence-electron chi connectivity index (χ0n) is 16.0. The van der Waals surface area contributed by atoms with E-state index in [4.69, 9.17) is 5.73 Å². The third kappa shape index (κ3) is 3.55. The number of anilines is 1. The summed E-state index contributed by atoms with van der Waals surface area (Å²) in [6.07, 6.45) is 0. The number of carbonyl (C=O) groups excluding carboxylic acids is 2. The zero-order chi connectivity index (χ0) is 19.9. The van der Waals surface area contributed by atoms with E-state index >= 15 is 0 Å². The van der Waals surface area contributed by atoms with Crippen molar-refractivity contribution in [2.45, 2.75) is 34.6 Å². The van der Waals surface area contributed by atoms with Crippen LogP contribution in [0.1, 0.15) is 47.2 Å². The Hall–Kier alpha value is -2.44. The van der Waals surface area contributed by atoms with Crippen LogP contribution in [0, 0.1) is 34.6 Å². The summed E-state index contributed by atoms with van der Waals surface area (Å²) < 4.78 is 0. The average molecular weight is 399 g/mol. The first-order valence-electron chi connectivity index (χ1n) is 8.57. The molecular formula is C21H22N2O2S2. The van der Waals surface area contributed by atoms with Gasteiger partial charge >= 0.3 is 0 Å². The summed E-state index contributed by atoms with van der Waals surface area (Å²) in [5.41, 5.74) is 11.6. The molecule has 0 aliphatic carbocycles.